The Morgan fingerprint density at radius 2 is 2.38 bits per heavy atom. The van der Waals surface area contributed by atoms with Crippen LogP contribution in [-0.2, 0) is 4.79 Å². The molecule has 0 spiro atoms. The van der Waals surface area contributed by atoms with Crippen molar-refractivity contribution in [3.8, 4) is 0 Å². The van der Waals surface area contributed by atoms with Crippen molar-refractivity contribution in [2.24, 2.45) is 5.92 Å². The van der Waals surface area contributed by atoms with Crippen LogP contribution >= 0.6 is 0 Å². The standard InChI is InChI=1S/C6H9NO/c8-6-4-1-2-5(3-4)7-6/h4-5H,1-3H2,(H,7,8)/t4-,5+/m0/s1. The number of nitrogens with one attached hydrogen (secondary N) is 1. The van der Waals surface area contributed by atoms with Crippen molar-refractivity contribution in [2.75, 3.05) is 0 Å². The number of fused-ring (bicyclic) bond motifs is 2. The summed E-state index contributed by atoms with van der Waals surface area (Å²) in [4.78, 5) is 10.7. The van der Waals surface area contributed by atoms with Gasteiger partial charge in [-0.05, 0) is 19.3 Å². The molecule has 2 atom stereocenters. The number of piperidine rings is 1. The van der Waals surface area contributed by atoms with E-state index >= 15 is 0 Å². The van der Waals surface area contributed by atoms with Gasteiger partial charge < -0.3 is 5.32 Å². The van der Waals surface area contributed by atoms with Gasteiger partial charge in [0, 0.05) is 12.0 Å². The number of hydrogen-bond acceptors (Lipinski definition) is 1. The molecule has 1 saturated heterocycles. The van der Waals surface area contributed by atoms with Gasteiger partial charge in [0.25, 0.3) is 0 Å². The summed E-state index contributed by atoms with van der Waals surface area (Å²) in [7, 11) is 0. The molecule has 44 valence electrons. The van der Waals surface area contributed by atoms with Crippen molar-refractivity contribution < 1.29 is 4.79 Å². The Labute approximate surface area is 48.3 Å². The van der Waals surface area contributed by atoms with Crippen LogP contribution in [0.3, 0.4) is 0 Å². The summed E-state index contributed by atoms with van der Waals surface area (Å²) < 4.78 is 0. The smallest absolute Gasteiger partial charge is 0.223 e. The van der Waals surface area contributed by atoms with E-state index in [0.717, 1.165) is 12.8 Å². The minimum Gasteiger partial charge on any atom is -0.353 e. The van der Waals surface area contributed by atoms with E-state index in [4.69, 9.17) is 0 Å². The summed E-state index contributed by atoms with van der Waals surface area (Å²) in [5.41, 5.74) is 0. The Balaban J connectivity index is 2.22. The molecule has 1 amide bonds. The monoisotopic (exact) mass is 111 g/mol. The van der Waals surface area contributed by atoms with E-state index in [-0.39, 0.29) is 0 Å². The molecule has 0 aromatic rings. The second-order valence-corrected chi connectivity index (χ2v) is 2.72. The molecule has 0 radical (unpaired) electrons. The van der Waals surface area contributed by atoms with E-state index in [1.807, 2.05) is 0 Å². The molecular weight excluding hydrogens is 102 g/mol. The first-order valence-electron chi connectivity index (χ1n) is 3.16. The fraction of sp³-hybridized carbons (Fsp3) is 0.833. The highest BCUT2D eigenvalue weighted by Crippen LogP contribution is 2.31. The maximum Gasteiger partial charge on any atom is 0.223 e. The summed E-state index contributed by atoms with van der Waals surface area (Å²) in [6, 6.07) is 0.549. The van der Waals surface area contributed by atoms with Crippen LogP contribution in [0.15, 0.2) is 0 Å². The highest BCUT2D eigenvalue weighted by molar-refractivity contribution is 5.82. The fourth-order valence-electron chi connectivity index (χ4n) is 1.67. The first-order valence-corrected chi connectivity index (χ1v) is 3.16. The zero-order chi connectivity index (χ0) is 5.56. The molecule has 1 aliphatic heterocycles. The molecule has 1 heterocycles. The van der Waals surface area contributed by atoms with Crippen LogP contribution in [0.2, 0.25) is 0 Å². The zero-order valence-corrected chi connectivity index (χ0v) is 4.68. The van der Waals surface area contributed by atoms with Crippen molar-refractivity contribution >= 4 is 5.91 Å². The van der Waals surface area contributed by atoms with Crippen LogP contribution < -0.4 is 5.32 Å². The van der Waals surface area contributed by atoms with Gasteiger partial charge in [0.2, 0.25) is 5.91 Å². The molecule has 8 heavy (non-hydrogen) atoms. The van der Waals surface area contributed by atoms with E-state index < -0.39 is 0 Å². The quantitative estimate of drug-likeness (QED) is 0.478. The second-order valence-electron chi connectivity index (χ2n) is 2.72. The molecule has 2 bridgehead atoms. The van der Waals surface area contributed by atoms with Crippen LogP contribution in [0.5, 0.6) is 0 Å². The maximum atomic E-state index is 10.7. The molecular formula is C6H9NO. The van der Waals surface area contributed by atoms with E-state index in [2.05, 4.69) is 5.32 Å². The number of amides is 1. The van der Waals surface area contributed by atoms with Crippen molar-refractivity contribution in [2.45, 2.75) is 25.3 Å². The first-order chi connectivity index (χ1) is 3.86. The third kappa shape index (κ3) is 0.403. The molecule has 2 rings (SSSR count). The van der Waals surface area contributed by atoms with Crippen LogP contribution in [0.1, 0.15) is 19.3 Å². The Bertz CT molecular complexity index is 132. The van der Waals surface area contributed by atoms with Gasteiger partial charge in [-0.3, -0.25) is 4.79 Å². The summed E-state index contributed by atoms with van der Waals surface area (Å²) in [6.45, 7) is 0. The predicted molar refractivity (Wildman–Crippen MR) is 29.3 cm³/mol. The number of carbonyl (C=O) groups is 1. The van der Waals surface area contributed by atoms with Gasteiger partial charge in [-0.15, -0.1) is 0 Å². The van der Waals surface area contributed by atoms with Gasteiger partial charge in [0.1, 0.15) is 0 Å². The molecule has 2 fully saturated rings. The van der Waals surface area contributed by atoms with Gasteiger partial charge in [0.05, 0.1) is 0 Å². The lowest BCUT2D eigenvalue weighted by molar-refractivity contribution is -0.123. The molecule has 2 aliphatic rings. The third-order valence-corrected chi connectivity index (χ3v) is 2.15. The molecule has 2 heteroatoms. The van der Waals surface area contributed by atoms with Crippen molar-refractivity contribution in [1.82, 2.24) is 5.32 Å². The molecule has 1 N–H and O–H groups in total. The van der Waals surface area contributed by atoms with Crippen LogP contribution in [-0.4, -0.2) is 11.9 Å². The lowest BCUT2D eigenvalue weighted by atomic mass is 10.1. The van der Waals surface area contributed by atoms with Crippen molar-refractivity contribution in [3.05, 3.63) is 0 Å². The Hall–Kier alpha value is -0.530. The van der Waals surface area contributed by atoms with Crippen LogP contribution in [0.25, 0.3) is 0 Å². The minimum atomic E-state index is 0.293. The third-order valence-electron chi connectivity index (χ3n) is 2.15. The topological polar surface area (TPSA) is 29.1 Å². The van der Waals surface area contributed by atoms with Crippen LogP contribution in [0.4, 0.5) is 0 Å². The maximum absolute atomic E-state index is 10.7. The van der Waals surface area contributed by atoms with E-state index in [0.29, 0.717) is 17.9 Å². The van der Waals surface area contributed by atoms with Crippen molar-refractivity contribution in [3.63, 3.8) is 0 Å². The zero-order valence-electron chi connectivity index (χ0n) is 4.68. The molecule has 2 nitrogen and oxygen atoms in total. The normalized spacial score (nSPS) is 42.8. The minimum absolute atomic E-state index is 0.293. The Morgan fingerprint density at radius 1 is 1.50 bits per heavy atom. The summed E-state index contributed by atoms with van der Waals surface area (Å²) in [6.07, 6.45) is 3.46. The molecule has 0 aromatic carbocycles. The summed E-state index contributed by atoms with van der Waals surface area (Å²) in [5.74, 6) is 0.682. The average molecular weight is 111 g/mol. The molecule has 1 saturated carbocycles. The van der Waals surface area contributed by atoms with Gasteiger partial charge in [-0.1, -0.05) is 0 Å². The first kappa shape index (κ1) is 4.36. The predicted octanol–water partition coefficient (Wildman–Crippen LogP) is 0.285. The number of rotatable bonds is 0. The number of hydrogen-bond donors (Lipinski definition) is 1. The molecule has 1 aliphatic carbocycles. The van der Waals surface area contributed by atoms with Crippen molar-refractivity contribution in [1.29, 1.82) is 0 Å². The second kappa shape index (κ2) is 1.24. The Morgan fingerprint density at radius 3 is 2.62 bits per heavy atom. The van der Waals surface area contributed by atoms with Gasteiger partial charge >= 0.3 is 0 Å². The van der Waals surface area contributed by atoms with E-state index in [9.17, 15) is 4.79 Å². The lowest BCUT2D eigenvalue weighted by Crippen LogP contribution is -2.30. The van der Waals surface area contributed by atoms with E-state index in [1.54, 1.807) is 0 Å². The highest BCUT2D eigenvalue weighted by Gasteiger charge is 2.37. The largest absolute Gasteiger partial charge is 0.353 e. The van der Waals surface area contributed by atoms with E-state index in [1.165, 1.54) is 6.42 Å². The van der Waals surface area contributed by atoms with Crippen LogP contribution in [0, 0.1) is 5.92 Å². The average Bonchev–Trinajstić information content (AvgIpc) is 2.23. The summed E-state index contributed by atoms with van der Waals surface area (Å²) in [5, 5.41) is 2.91. The molecule has 0 aromatic heterocycles. The van der Waals surface area contributed by atoms with Gasteiger partial charge in [-0.2, -0.15) is 0 Å². The highest BCUT2D eigenvalue weighted by atomic mass is 16.2. The van der Waals surface area contributed by atoms with Gasteiger partial charge in [0.15, 0.2) is 0 Å². The SMILES string of the molecule is O=C1N[C@@H]2CC[C@H]1C2. The van der Waals surface area contributed by atoms with Gasteiger partial charge in [-0.25, -0.2) is 0 Å². The Kier molecular flexibility index (Phi) is 0.678. The lowest BCUT2D eigenvalue weighted by Gasteiger charge is -2.08. The fourth-order valence-corrected chi connectivity index (χ4v) is 1.67. The summed E-state index contributed by atoms with van der Waals surface area (Å²) >= 11 is 0. The molecule has 0 unspecified atom stereocenters. The number of carbonyl (C=O) groups excluding carboxylic acids is 1.